The molecule has 0 bridgehead atoms. The average Bonchev–Trinajstić information content (AvgIpc) is 2.17. The molecule has 13 heavy (non-hydrogen) atoms. The molecule has 0 radical (unpaired) electrons. The first-order valence-electron chi connectivity index (χ1n) is 3.98. The van der Waals surface area contributed by atoms with E-state index in [9.17, 15) is 0 Å². The minimum atomic E-state index is -0.161. The SMILES string of the molecule is COc1cc([C@@H](N)CN)ccc1Cl. The lowest BCUT2D eigenvalue weighted by Gasteiger charge is -2.11. The van der Waals surface area contributed by atoms with Crippen molar-refractivity contribution in [1.82, 2.24) is 0 Å². The Morgan fingerprint density at radius 3 is 2.77 bits per heavy atom. The van der Waals surface area contributed by atoms with Crippen molar-refractivity contribution in [2.45, 2.75) is 6.04 Å². The molecule has 0 unspecified atom stereocenters. The molecule has 0 fully saturated rings. The van der Waals surface area contributed by atoms with Crippen molar-refractivity contribution in [3.8, 4) is 5.75 Å². The number of hydrogen-bond donors (Lipinski definition) is 2. The highest BCUT2D eigenvalue weighted by Crippen LogP contribution is 2.26. The molecular weight excluding hydrogens is 188 g/mol. The van der Waals surface area contributed by atoms with Crippen LogP contribution in [-0.2, 0) is 0 Å². The number of rotatable bonds is 3. The van der Waals surface area contributed by atoms with E-state index >= 15 is 0 Å². The minimum Gasteiger partial charge on any atom is -0.495 e. The lowest BCUT2D eigenvalue weighted by Crippen LogP contribution is -2.20. The Hall–Kier alpha value is -0.770. The summed E-state index contributed by atoms with van der Waals surface area (Å²) in [6.07, 6.45) is 0. The van der Waals surface area contributed by atoms with Crippen molar-refractivity contribution in [3.63, 3.8) is 0 Å². The summed E-state index contributed by atoms with van der Waals surface area (Å²) in [5.74, 6) is 0.628. The maximum absolute atomic E-state index is 5.85. The van der Waals surface area contributed by atoms with Gasteiger partial charge in [0.1, 0.15) is 5.75 Å². The molecular formula is C9H13ClN2O. The van der Waals surface area contributed by atoms with E-state index in [0.29, 0.717) is 17.3 Å². The van der Waals surface area contributed by atoms with Gasteiger partial charge < -0.3 is 16.2 Å². The molecule has 0 saturated carbocycles. The molecule has 4 heteroatoms. The summed E-state index contributed by atoms with van der Waals surface area (Å²) >= 11 is 5.85. The molecule has 1 atom stereocenters. The van der Waals surface area contributed by atoms with E-state index in [4.69, 9.17) is 27.8 Å². The van der Waals surface area contributed by atoms with E-state index in [1.807, 2.05) is 6.07 Å². The first kappa shape index (κ1) is 10.3. The predicted octanol–water partition coefficient (Wildman–Crippen LogP) is 1.31. The number of benzene rings is 1. The third-order valence-electron chi connectivity index (χ3n) is 1.86. The van der Waals surface area contributed by atoms with E-state index in [1.165, 1.54) is 0 Å². The third kappa shape index (κ3) is 2.34. The average molecular weight is 201 g/mol. The summed E-state index contributed by atoms with van der Waals surface area (Å²) in [6, 6.07) is 5.25. The Labute approximate surface area is 82.6 Å². The monoisotopic (exact) mass is 200 g/mol. The van der Waals surface area contributed by atoms with Crippen LogP contribution >= 0.6 is 11.6 Å². The van der Waals surface area contributed by atoms with Crippen molar-refractivity contribution >= 4 is 11.6 Å². The van der Waals surface area contributed by atoms with E-state index in [0.717, 1.165) is 5.56 Å². The summed E-state index contributed by atoms with van der Waals surface area (Å²) < 4.78 is 5.05. The number of nitrogens with two attached hydrogens (primary N) is 2. The molecule has 0 amide bonds. The Bertz CT molecular complexity index is 291. The van der Waals surface area contributed by atoms with E-state index < -0.39 is 0 Å². The minimum absolute atomic E-state index is 0.161. The van der Waals surface area contributed by atoms with Gasteiger partial charge in [-0.05, 0) is 17.7 Å². The van der Waals surface area contributed by atoms with Crippen LogP contribution in [0.1, 0.15) is 11.6 Å². The quantitative estimate of drug-likeness (QED) is 0.774. The Balaban J connectivity index is 2.99. The van der Waals surface area contributed by atoms with E-state index in [2.05, 4.69) is 0 Å². The molecule has 0 aromatic heterocycles. The van der Waals surface area contributed by atoms with Gasteiger partial charge in [-0.15, -0.1) is 0 Å². The van der Waals surface area contributed by atoms with Crippen molar-refractivity contribution in [2.24, 2.45) is 11.5 Å². The number of methoxy groups -OCH3 is 1. The highest BCUT2D eigenvalue weighted by Gasteiger charge is 2.06. The lowest BCUT2D eigenvalue weighted by atomic mass is 10.1. The molecule has 0 saturated heterocycles. The van der Waals surface area contributed by atoms with Gasteiger partial charge >= 0.3 is 0 Å². The molecule has 3 nitrogen and oxygen atoms in total. The molecule has 1 aromatic rings. The van der Waals surface area contributed by atoms with Crippen LogP contribution in [0.3, 0.4) is 0 Å². The van der Waals surface area contributed by atoms with Crippen molar-refractivity contribution in [2.75, 3.05) is 13.7 Å². The van der Waals surface area contributed by atoms with Crippen molar-refractivity contribution in [3.05, 3.63) is 28.8 Å². The molecule has 0 aliphatic carbocycles. The van der Waals surface area contributed by atoms with Gasteiger partial charge in [-0.3, -0.25) is 0 Å². The largest absolute Gasteiger partial charge is 0.495 e. The van der Waals surface area contributed by atoms with Crippen LogP contribution in [0, 0.1) is 0 Å². The number of ether oxygens (including phenoxy) is 1. The zero-order valence-electron chi connectivity index (χ0n) is 7.46. The summed E-state index contributed by atoms with van der Waals surface area (Å²) in [5, 5.41) is 0.579. The molecule has 1 aromatic carbocycles. The standard InChI is InChI=1S/C9H13ClN2O/c1-13-9-4-6(8(12)5-11)2-3-7(9)10/h2-4,8H,5,11-12H2,1H3/t8-/m0/s1. The Morgan fingerprint density at radius 1 is 1.54 bits per heavy atom. The first-order chi connectivity index (χ1) is 6.19. The highest BCUT2D eigenvalue weighted by molar-refractivity contribution is 6.32. The van der Waals surface area contributed by atoms with Crippen LogP contribution in [0.25, 0.3) is 0 Å². The zero-order valence-corrected chi connectivity index (χ0v) is 8.21. The predicted molar refractivity (Wildman–Crippen MR) is 54.0 cm³/mol. The molecule has 0 aliphatic rings. The second-order valence-corrected chi connectivity index (χ2v) is 3.14. The van der Waals surface area contributed by atoms with E-state index in [-0.39, 0.29) is 6.04 Å². The zero-order chi connectivity index (χ0) is 9.84. The maximum atomic E-state index is 5.85. The third-order valence-corrected chi connectivity index (χ3v) is 2.17. The maximum Gasteiger partial charge on any atom is 0.137 e. The van der Waals surface area contributed by atoms with Gasteiger partial charge in [-0.2, -0.15) is 0 Å². The summed E-state index contributed by atoms with van der Waals surface area (Å²) in [6.45, 7) is 0.408. The van der Waals surface area contributed by atoms with E-state index in [1.54, 1.807) is 19.2 Å². The smallest absolute Gasteiger partial charge is 0.137 e. The van der Waals surface area contributed by atoms with Crippen molar-refractivity contribution < 1.29 is 4.74 Å². The molecule has 4 N–H and O–H groups in total. The summed E-state index contributed by atoms with van der Waals surface area (Å²) in [7, 11) is 1.57. The van der Waals surface area contributed by atoms with Crippen molar-refractivity contribution in [1.29, 1.82) is 0 Å². The number of halogens is 1. The Morgan fingerprint density at radius 2 is 2.23 bits per heavy atom. The van der Waals surface area contributed by atoms with Gasteiger partial charge in [0, 0.05) is 12.6 Å². The van der Waals surface area contributed by atoms with Gasteiger partial charge in [0.05, 0.1) is 12.1 Å². The fourth-order valence-electron chi connectivity index (χ4n) is 1.04. The second kappa shape index (κ2) is 4.46. The molecule has 0 aliphatic heterocycles. The summed E-state index contributed by atoms with van der Waals surface area (Å²) in [4.78, 5) is 0. The molecule has 0 heterocycles. The highest BCUT2D eigenvalue weighted by atomic mass is 35.5. The summed E-state index contributed by atoms with van der Waals surface area (Å²) in [5.41, 5.74) is 12.1. The second-order valence-electron chi connectivity index (χ2n) is 2.74. The van der Waals surface area contributed by atoms with Crippen LogP contribution in [-0.4, -0.2) is 13.7 Å². The molecule has 0 spiro atoms. The normalized spacial score (nSPS) is 12.6. The molecule has 1 rings (SSSR count). The van der Waals surface area contributed by atoms with Gasteiger partial charge in [-0.25, -0.2) is 0 Å². The first-order valence-corrected chi connectivity index (χ1v) is 4.36. The van der Waals surface area contributed by atoms with Crippen LogP contribution in [0.4, 0.5) is 0 Å². The molecule has 72 valence electrons. The van der Waals surface area contributed by atoms with Crippen LogP contribution in [0.5, 0.6) is 5.75 Å². The van der Waals surface area contributed by atoms with Gasteiger partial charge in [0.15, 0.2) is 0 Å². The van der Waals surface area contributed by atoms with Crippen LogP contribution < -0.4 is 16.2 Å². The van der Waals surface area contributed by atoms with Gasteiger partial charge in [0.25, 0.3) is 0 Å². The lowest BCUT2D eigenvalue weighted by molar-refractivity contribution is 0.414. The van der Waals surface area contributed by atoms with Gasteiger partial charge in [-0.1, -0.05) is 17.7 Å². The fraction of sp³-hybridized carbons (Fsp3) is 0.333. The topological polar surface area (TPSA) is 61.3 Å². The van der Waals surface area contributed by atoms with Crippen LogP contribution in [0.15, 0.2) is 18.2 Å². The van der Waals surface area contributed by atoms with Gasteiger partial charge in [0.2, 0.25) is 0 Å². The fourth-order valence-corrected chi connectivity index (χ4v) is 1.24. The van der Waals surface area contributed by atoms with Crippen LogP contribution in [0.2, 0.25) is 5.02 Å². The Kier molecular flexibility index (Phi) is 3.54. The number of hydrogen-bond acceptors (Lipinski definition) is 3.